The average Bonchev–Trinajstić information content (AvgIpc) is 2.69. The number of hydrogen-bond donors (Lipinski definition) is 1. The SMILES string of the molecule is COC(=O)C1=C(C)N(c2cc(C)ccc2C)C(=S)N[C@@H]1c1ccc(C#N)cc1. The maximum atomic E-state index is 12.7. The summed E-state index contributed by atoms with van der Waals surface area (Å²) in [4.78, 5) is 14.6. The Morgan fingerprint density at radius 3 is 2.46 bits per heavy atom. The maximum Gasteiger partial charge on any atom is 0.337 e. The zero-order valence-electron chi connectivity index (χ0n) is 16.2. The molecule has 142 valence electrons. The van der Waals surface area contributed by atoms with E-state index in [1.807, 2.05) is 56.0 Å². The number of esters is 1. The second-order valence-electron chi connectivity index (χ2n) is 6.73. The number of nitrogens with zero attached hydrogens (tertiary/aromatic N) is 2. The van der Waals surface area contributed by atoms with Crippen molar-refractivity contribution in [1.82, 2.24) is 5.32 Å². The maximum absolute atomic E-state index is 12.7. The lowest BCUT2D eigenvalue weighted by atomic mass is 9.94. The molecule has 1 aliphatic rings. The van der Waals surface area contributed by atoms with Crippen LogP contribution in [-0.2, 0) is 9.53 Å². The molecule has 0 bridgehead atoms. The number of benzene rings is 2. The minimum absolute atomic E-state index is 0.419. The Balaban J connectivity index is 2.16. The van der Waals surface area contributed by atoms with Crippen molar-refractivity contribution in [2.24, 2.45) is 0 Å². The fraction of sp³-hybridized carbons (Fsp3) is 0.227. The molecule has 0 unspecified atom stereocenters. The van der Waals surface area contributed by atoms with Gasteiger partial charge < -0.3 is 10.1 Å². The molecular weight excluding hydrogens is 370 g/mol. The minimum Gasteiger partial charge on any atom is -0.466 e. The fourth-order valence-electron chi connectivity index (χ4n) is 3.37. The van der Waals surface area contributed by atoms with Gasteiger partial charge in [-0.15, -0.1) is 0 Å². The van der Waals surface area contributed by atoms with Gasteiger partial charge >= 0.3 is 5.97 Å². The Bertz CT molecular complexity index is 1020. The van der Waals surface area contributed by atoms with Crippen LogP contribution in [0.15, 0.2) is 53.7 Å². The molecule has 6 heteroatoms. The van der Waals surface area contributed by atoms with Crippen LogP contribution in [0.5, 0.6) is 0 Å². The van der Waals surface area contributed by atoms with Gasteiger partial charge in [-0.25, -0.2) is 4.79 Å². The van der Waals surface area contributed by atoms with Crippen molar-refractivity contribution in [2.45, 2.75) is 26.8 Å². The number of carbonyl (C=O) groups excluding carboxylic acids is 1. The molecule has 0 aliphatic carbocycles. The summed E-state index contributed by atoms with van der Waals surface area (Å²) in [6.45, 7) is 5.90. The quantitative estimate of drug-likeness (QED) is 0.629. The smallest absolute Gasteiger partial charge is 0.337 e. The molecule has 0 saturated carbocycles. The molecule has 0 aromatic heterocycles. The number of carbonyl (C=O) groups is 1. The van der Waals surface area contributed by atoms with E-state index < -0.39 is 12.0 Å². The first-order valence-electron chi connectivity index (χ1n) is 8.84. The molecular formula is C22H21N3O2S. The van der Waals surface area contributed by atoms with E-state index in [1.165, 1.54) is 7.11 Å². The third-order valence-electron chi connectivity index (χ3n) is 4.87. The third-order valence-corrected chi connectivity index (χ3v) is 5.17. The molecule has 1 N–H and O–H groups in total. The highest BCUT2D eigenvalue weighted by atomic mass is 32.1. The lowest BCUT2D eigenvalue weighted by Crippen LogP contribution is -2.48. The Kier molecular flexibility index (Phi) is 5.48. The van der Waals surface area contributed by atoms with Crippen LogP contribution in [0.2, 0.25) is 0 Å². The number of methoxy groups -OCH3 is 1. The van der Waals surface area contributed by atoms with E-state index in [9.17, 15) is 4.79 Å². The van der Waals surface area contributed by atoms with Gasteiger partial charge in [-0.2, -0.15) is 5.26 Å². The minimum atomic E-state index is -0.450. The van der Waals surface area contributed by atoms with Crippen LogP contribution in [0.1, 0.15) is 35.2 Å². The number of nitrogens with one attached hydrogen (secondary N) is 1. The van der Waals surface area contributed by atoms with Gasteiger partial charge in [0.2, 0.25) is 0 Å². The molecule has 1 aliphatic heterocycles. The van der Waals surface area contributed by atoms with Crippen LogP contribution in [-0.4, -0.2) is 18.2 Å². The molecule has 28 heavy (non-hydrogen) atoms. The third kappa shape index (κ3) is 3.49. The van der Waals surface area contributed by atoms with Gasteiger partial charge in [0.25, 0.3) is 0 Å². The summed E-state index contributed by atoms with van der Waals surface area (Å²) < 4.78 is 5.07. The fourth-order valence-corrected chi connectivity index (χ4v) is 3.72. The van der Waals surface area contributed by atoms with Crippen molar-refractivity contribution in [3.8, 4) is 6.07 Å². The van der Waals surface area contributed by atoms with E-state index in [4.69, 9.17) is 22.2 Å². The molecule has 0 radical (unpaired) electrons. The monoisotopic (exact) mass is 391 g/mol. The number of rotatable bonds is 3. The van der Waals surface area contributed by atoms with Crippen LogP contribution in [0, 0.1) is 25.2 Å². The van der Waals surface area contributed by atoms with E-state index in [-0.39, 0.29) is 0 Å². The van der Waals surface area contributed by atoms with Crippen LogP contribution in [0.4, 0.5) is 5.69 Å². The van der Waals surface area contributed by atoms with Gasteiger partial charge in [-0.1, -0.05) is 24.3 Å². The first-order valence-corrected chi connectivity index (χ1v) is 9.25. The summed E-state index contributed by atoms with van der Waals surface area (Å²) in [7, 11) is 1.37. The number of thiocarbonyl (C=S) groups is 1. The summed E-state index contributed by atoms with van der Waals surface area (Å²) in [5.74, 6) is -0.419. The summed E-state index contributed by atoms with van der Waals surface area (Å²) >= 11 is 5.67. The molecule has 1 heterocycles. The van der Waals surface area contributed by atoms with Gasteiger partial charge in [0.15, 0.2) is 5.11 Å². The van der Waals surface area contributed by atoms with Gasteiger partial charge in [0.1, 0.15) is 0 Å². The standard InChI is InChI=1S/C22H21N3O2S/c1-13-5-6-14(2)18(11-13)25-15(3)19(21(26)27-4)20(24-22(25)28)17-9-7-16(12-23)8-10-17/h5-11,20H,1-4H3,(H,24,28)/t20-/m1/s1. The molecule has 2 aromatic carbocycles. The van der Waals surface area contributed by atoms with Gasteiger partial charge in [0.05, 0.1) is 36.0 Å². The molecule has 1 atom stereocenters. The predicted octanol–water partition coefficient (Wildman–Crippen LogP) is 4.06. The number of hydrogen-bond acceptors (Lipinski definition) is 4. The largest absolute Gasteiger partial charge is 0.466 e. The molecule has 0 saturated heterocycles. The number of nitriles is 1. The van der Waals surface area contributed by atoms with E-state index in [1.54, 1.807) is 12.1 Å². The summed E-state index contributed by atoms with van der Waals surface area (Å²) in [6.07, 6.45) is 0. The topological polar surface area (TPSA) is 65.4 Å². The molecule has 3 rings (SSSR count). The number of allylic oxidation sites excluding steroid dienone is 1. The zero-order valence-corrected chi connectivity index (χ0v) is 17.1. The zero-order chi connectivity index (χ0) is 20.4. The first kappa shape index (κ1) is 19.6. The van der Waals surface area contributed by atoms with Crippen molar-refractivity contribution in [3.05, 3.63) is 76.0 Å². The van der Waals surface area contributed by atoms with Crippen molar-refractivity contribution in [2.75, 3.05) is 12.0 Å². The van der Waals surface area contributed by atoms with Crippen LogP contribution < -0.4 is 10.2 Å². The Hall–Kier alpha value is -3.17. The van der Waals surface area contributed by atoms with Gasteiger partial charge in [-0.3, -0.25) is 4.90 Å². The van der Waals surface area contributed by atoms with E-state index in [0.717, 1.165) is 28.1 Å². The Labute approximate surface area is 170 Å². The van der Waals surface area contributed by atoms with E-state index in [0.29, 0.717) is 16.2 Å². The van der Waals surface area contributed by atoms with E-state index >= 15 is 0 Å². The normalized spacial score (nSPS) is 16.5. The van der Waals surface area contributed by atoms with Crippen LogP contribution in [0.3, 0.4) is 0 Å². The van der Waals surface area contributed by atoms with Crippen molar-refractivity contribution < 1.29 is 9.53 Å². The molecule has 2 aromatic rings. The number of aryl methyl sites for hydroxylation is 2. The average molecular weight is 391 g/mol. The summed E-state index contributed by atoms with van der Waals surface area (Å²) in [5, 5.41) is 12.8. The van der Waals surface area contributed by atoms with Gasteiger partial charge in [0, 0.05) is 5.70 Å². The number of anilines is 1. The molecule has 0 amide bonds. The molecule has 0 spiro atoms. The lowest BCUT2D eigenvalue weighted by molar-refractivity contribution is -0.136. The highest BCUT2D eigenvalue weighted by Gasteiger charge is 2.35. The Morgan fingerprint density at radius 2 is 1.86 bits per heavy atom. The molecule has 0 fully saturated rings. The van der Waals surface area contributed by atoms with E-state index in [2.05, 4.69) is 11.4 Å². The van der Waals surface area contributed by atoms with Crippen molar-refractivity contribution in [1.29, 1.82) is 5.26 Å². The number of ether oxygens (including phenoxy) is 1. The van der Waals surface area contributed by atoms with Crippen molar-refractivity contribution in [3.63, 3.8) is 0 Å². The van der Waals surface area contributed by atoms with Crippen molar-refractivity contribution >= 4 is 29.0 Å². The predicted molar refractivity (Wildman–Crippen MR) is 113 cm³/mol. The highest BCUT2D eigenvalue weighted by Crippen LogP contribution is 2.35. The lowest BCUT2D eigenvalue weighted by Gasteiger charge is -2.38. The second-order valence-corrected chi connectivity index (χ2v) is 7.12. The Morgan fingerprint density at radius 1 is 1.18 bits per heavy atom. The van der Waals surface area contributed by atoms with Gasteiger partial charge in [-0.05, 0) is 67.9 Å². The summed E-state index contributed by atoms with van der Waals surface area (Å²) in [6, 6.07) is 14.9. The molecule has 5 nitrogen and oxygen atoms in total. The summed E-state index contributed by atoms with van der Waals surface area (Å²) in [5.41, 5.74) is 5.68. The second kappa shape index (κ2) is 7.83. The highest BCUT2D eigenvalue weighted by molar-refractivity contribution is 7.80. The van der Waals surface area contributed by atoms with Crippen LogP contribution in [0.25, 0.3) is 0 Å². The first-order chi connectivity index (χ1) is 13.4. The van der Waals surface area contributed by atoms with Crippen LogP contribution >= 0.6 is 12.2 Å².